The summed E-state index contributed by atoms with van der Waals surface area (Å²) in [5.74, 6) is 0.0137. The van der Waals surface area contributed by atoms with E-state index in [0.29, 0.717) is 0 Å². The van der Waals surface area contributed by atoms with Crippen LogP contribution in [0.3, 0.4) is 0 Å². The van der Waals surface area contributed by atoms with Crippen molar-refractivity contribution in [3.63, 3.8) is 0 Å². The van der Waals surface area contributed by atoms with Gasteiger partial charge in [-0.05, 0) is 84.1 Å². The molecule has 5 heteroatoms. The number of unbranched alkanes of at least 4 members (excludes halogenated alkanes) is 1. The molecule has 1 aliphatic heterocycles. The molecule has 0 radical (unpaired) electrons. The van der Waals surface area contributed by atoms with Gasteiger partial charge in [0.1, 0.15) is 9.88 Å². The fraction of sp³-hybridized carbons (Fsp3) is 0.545. The highest BCUT2D eigenvalue weighted by atomic mass is 32.1. The van der Waals surface area contributed by atoms with Crippen molar-refractivity contribution in [2.75, 3.05) is 26.2 Å². The summed E-state index contributed by atoms with van der Waals surface area (Å²) in [7, 11) is 0. The minimum atomic E-state index is 0.0137. The van der Waals surface area contributed by atoms with Crippen molar-refractivity contribution in [1.29, 1.82) is 0 Å². The maximum absolute atomic E-state index is 12.6. The number of carbonyl (C=O) groups is 1. The molecule has 0 aliphatic carbocycles. The average molecular weight is 386 g/mol. The standard InChI is InChI=1S/C22H31N3OS/c1-15-13-16(2)19(17(3)14-15)22-24-18(4)20(27-22)21(26)23-9-5-6-10-25-11-7-8-12-25/h13-14H,5-12H2,1-4H3,(H,23,26). The Balaban J connectivity index is 1.58. The molecule has 4 nitrogen and oxygen atoms in total. The van der Waals surface area contributed by atoms with Crippen molar-refractivity contribution in [2.24, 2.45) is 0 Å². The fourth-order valence-corrected chi connectivity index (χ4v) is 5.14. The molecule has 3 rings (SSSR count). The minimum absolute atomic E-state index is 0.0137. The van der Waals surface area contributed by atoms with Crippen molar-refractivity contribution in [3.05, 3.63) is 39.4 Å². The monoisotopic (exact) mass is 385 g/mol. The van der Waals surface area contributed by atoms with Gasteiger partial charge in [-0.1, -0.05) is 17.7 Å². The van der Waals surface area contributed by atoms with Crippen molar-refractivity contribution in [1.82, 2.24) is 15.2 Å². The first-order valence-electron chi connectivity index (χ1n) is 10.0. The van der Waals surface area contributed by atoms with Crippen LogP contribution in [0.5, 0.6) is 0 Å². The molecule has 0 bridgehead atoms. The van der Waals surface area contributed by atoms with Crippen LogP contribution in [0, 0.1) is 27.7 Å². The van der Waals surface area contributed by atoms with Gasteiger partial charge >= 0.3 is 0 Å². The quantitative estimate of drug-likeness (QED) is 0.706. The first-order chi connectivity index (χ1) is 13.0. The maximum Gasteiger partial charge on any atom is 0.263 e. The van der Waals surface area contributed by atoms with E-state index in [1.807, 2.05) is 6.92 Å². The summed E-state index contributed by atoms with van der Waals surface area (Å²) in [5.41, 5.74) is 5.68. The second kappa shape index (κ2) is 8.98. The Morgan fingerprint density at radius 3 is 2.44 bits per heavy atom. The Morgan fingerprint density at radius 1 is 1.11 bits per heavy atom. The van der Waals surface area contributed by atoms with Crippen LogP contribution in [0.1, 0.15) is 57.7 Å². The number of nitrogens with zero attached hydrogens (tertiary/aromatic N) is 2. The molecule has 27 heavy (non-hydrogen) atoms. The van der Waals surface area contributed by atoms with Crippen LogP contribution in [-0.2, 0) is 0 Å². The summed E-state index contributed by atoms with van der Waals surface area (Å²) in [6, 6.07) is 4.36. The molecule has 2 heterocycles. The number of hydrogen-bond acceptors (Lipinski definition) is 4. The molecule has 1 aromatic heterocycles. The molecule has 1 aliphatic rings. The summed E-state index contributed by atoms with van der Waals surface area (Å²) in [4.78, 5) is 20.6. The minimum Gasteiger partial charge on any atom is -0.351 e. The first-order valence-corrected chi connectivity index (χ1v) is 10.8. The van der Waals surface area contributed by atoms with E-state index in [4.69, 9.17) is 4.98 Å². The smallest absolute Gasteiger partial charge is 0.263 e. The second-order valence-corrected chi connectivity index (χ2v) is 8.72. The number of thiazole rings is 1. The number of carbonyl (C=O) groups excluding carboxylic acids is 1. The molecule has 1 saturated heterocycles. The highest BCUT2D eigenvalue weighted by molar-refractivity contribution is 7.17. The van der Waals surface area contributed by atoms with Crippen molar-refractivity contribution in [2.45, 2.75) is 53.4 Å². The molecule has 1 fully saturated rings. The Morgan fingerprint density at radius 2 is 1.78 bits per heavy atom. The Bertz CT molecular complexity index is 783. The first kappa shape index (κ1) is 20.0. The van der Waals surface area contributed by atoms with Crippen molar-refractivity contribution >= 4 is 17.2 Å². The number of aryl methyl sites for hydroxylation is 4. The lowest BCUT2D eigenvalue weighted by molar-refractivity contribution is 0.0956. The van der Waals surface area contributed by atoms with Crippen LogP contribution < -0.4 is 5.32 Å². The number of aromatic nitrogens is 1. The summed E-state index contributed by atoms with van der Waals surface area (Å²) in [5, 5.41) is 4.03. The zero-order chi connectivity index (χ0) is 19.4. The van der Waals surface area contributed by atoms with Gasteiger partial charge in [-0.25, -0.2) is 4.98 Å². The predicted molar refractivity (Wildman–Crippen MR) is 114 cm³/mol. The van der Waals surface area contributed by atoms with E-state index >= 15 is 0 Å². The molecule has 1 aromatic carbocycles. The number of rotatable bonds is 7. The molecule has 0 spiro atoms. The molecule has 1 N–H and O–H groups in total. The third-order valence-electron chi connectivity index (χ3n) is 5.28. The number of nitrogens with one attached hydrogen (secondary N) is 1. The lowest BCUT2D eigenvalue weighted by atomic mass is 10.0. The largest absolute Gasteiger partial charge is 0.351 e. The topological polar surface area (TPSA) is 45.2 Å². The lowest BCUT2D eigenvalue weighted by Gasteiger charge is -2.13. The van der Waals surface area contributed by atoms with E-state index in [2.05, 4.69) is 43.1 Å². The third-order valence-corrected chi connectivity index (χ3v) is 6.45. The van der Waals surface area contributed by atoms with Crippen LogP contribution in [0.2, 0.25) is 0 Å². The Labute approximate surface area is 167 Å². The van der Waals surface area contributed by atoms with Crippen LogP contribution in [0.15, 0.2) is 12.1 Å². The van der Waals surface area contributed by atoms with Gasteiger partial charge in [0, 0.05) is 12.1 Å². The van der Waals surface area contributed by atoms with E-state index in [9.17, 15) is 4.79 Å². The van der Waals surface area contributed by atoms with Gasteiger partial charge in [0.25, 0.3) is 5.91 Å². The molecule has 146 valence electrons. The van der Waals surface area contributed by atoms with Gasteiger partial charge in [0.2, 0.25) is 0 Å². The third kappa shape index (κ3) is 4.96. The van der Waals surface area contributed by atoms with E-state index in [1.54, 1.807) is 0 Å². The van der Waals surface area contributed by atoms with Gasteiger partial charge in [-0.3, -0.25) is 4.79 Å². The Hall–Kier alpha value is -1.72. The molecule has 0 atom stereocenters. The van der Waals surface area contributed by atoms with Gasteiger partial charge < -0.3 is 10.2 Å². The van der Waals surface area contributed by atoms with Gasteiger partial charge in [-0.15, -0.1) is 11.3 Å². The molecular weight excluding hydrogens is 354 g/mol. The predicted octanol–water partition coefficient (Wildman–Crippen LogP) is 4.65. The molecule has 1 amide bonds. The fourth-order valence-electron chi connectivity index (χ4n) is 3.98. The van der Waals surface area contributed by atoms with E-state index in [0.717, 1.165) is 41.5 Å². The number of hydrogen-bond donors (Lipinski definition) is 1. The SMILES string of the molecule is Cc1cc(C)c(-c2nc(C)c(C(=O)NCCCCN3CCCC3)s2)c(C)c1. The summed E-state index contributed by atoms with van der Waals surface area (Å²) < 4.78 is 0. The molecular formula is C22H31N3OS. The molecule has 2 aromatic rings. The maximum atomic E-state index is 12.6. The molecule has 0 saturated carbocycles. The second-order valence-electron chi connectivity index (χ2n) is 7.72. The summed E-state index contributed by atoms with van der Waals surface area (Å²) in [6.45, 7) is 12.7. The summed E-state index contributed by atoms with van der Waals surface area (Å²) in [6.07, 6.45) is 4.85. The van der Waals surface area contributed by atoms with Crippen LogP contribution in [0.25, 0.3) is 10.6 Å². The van der Waals surface area contributed by atoms with E-state index < -0.39 is 0 Å². The number of amides is 1. The number of benzene rings is 1. The van der Waals surface area contributed by atoms with Gasteiger partial charge in [0.15, 0.2) is 0 Å². The Kier molecular flexibility index (Phi) is 6.66. The molecule has 0 unspecified atom stereocenters. The van der Waals surface area contributed by atoms with Crippen molar-refractivity contribution < 1.29 is 4.79 Å². The highest BCUT2D eigenvalue weighted by Crippen LogP contribution is 2.33. The highest BCUT2D eigenvalue weighted by Gasteiger charge is 2.18. The average Bonchev–Trinajstić information content (AvgIpc) is 3.23. The van der Waals surface area contributed by atoms with Gasteiger partial charge in [0.05, 0.1) is 5.69 Å². The number of likely N-dealkylation sites (tertiary alicyclic amines) is 1. The van der Waals surface area contributed by atoms with Crippen LogP contribution >= 0.6 is 11.3 Å². The lowest BCUT2D eigenvalue weighted by Crippen LogP contribution is -2.26. The van der Waals surface area contributed by atoms with E-state index in [1.165, 1.54) is 59.5 Å². The van der Waals surface area contributed by atoms with Crippen molar-refractivity contribution in [3.8, 4) is 10.6 Å². The van der Waals surface area contributed by atoms with Crippen LogP contribution in [-0.4, -0.2) is 42.0 Å². The summed E-state index contributed by atoms with van der Waals surface area (Å²) >= 11 is 1.51. The van der Waals surface area contributed by atoms with E-state index in [-0.39, 0.29) is 5.91 Å². The zero-order valence-electron chi connectivity index (χ0n) is 17.0. The van der Waals surface area contributed by atoms with Gasteiger partial charge in [-0.2, -0.15) is 0 Å². The normalized spacial score (nSPS) is 14.7. The van der Waals surface area contributed by atoms with Crippen LogP contribution in [0.4, 0.5) is 0 Å². The zero-order valence-corrected chi connectivity index (χ0v) is 17.8.